The van der Waals surface area contributed by atoms with Gasteiger partial charge in [-0.25, -0.2) is 0 Å². The maximum absolute atomic E-state index is 2.55. The van der Waals surface area contributed by atoms with Crippen molar-refractivity contribution >= 4 is 60.2 Å². The predicted octanol–water partition coefficient (Wildman–Crippen LogP) is 2.90. The van der Waals surface area contributed by atoms with Crippen molar-refractivity contribution in [3.63, 3.8) is 0 Å². The maximum Gasteiger partial charge on any atom is -1.00 e. The predicted molar refractivity (Wildman–Crippen MR) is 145 cm³/mol. The normalized spacial score (nSPS) is 16.9. The van der Waals surface area contributed by atoms with Gasteiger partial charge in [0, 0.05) is 0 Å². The van der Waals surface area contributed by atoms with E-state index in [0.29, 0.717) is 9.54 Å². The molecule has 0 saturated heterocycles. The molecule has 35 heavy (non-hydrogen) atoms. The molecule has 4 aromatic carbocycles. The van der Waals surface area contributed by atoms with Crippen molar-refractivity contribution in [1.29, 1.82) is 0 Å². The number of benzene rings is 4. The molecule has 4 bridgehead atoms. The number of hydrogen-bond donors (Lipinski definition) is 0. The number of rotatable bonds is 3. The molecule has 0 saturated carbocycles. The molecule has 2 heterocycles. The third-order valence-corrected chi connectivity index (χ3v) is 13.0. The Morgan fingerprint density at radius 1 is 0.743 bits per heavy atom. The molecule has 6 aromatic rings. The zero-order chi connectivity index (χ0) is 21.9. The van der Waals surface area contributed by atoms with Crippen LogP contribution < -0.4 is 24.8 Å². The molecule has 2 unspecified atom stereocenters. The van der Waals surface area contributed by atoms with E-state index in [9.17, 15) is 0 Å². The Bertz CT molecular complexity index is 1600. The average molecular weight is 701 g/mol. The number of hydrogen-bond acceptors (Lipinski definition) is 1. The minimum absolute atomic E-state index is 0. The van der Waals surface area contributed by atoms with Crippen molar-refractivity contribution in [2.75, 3.05) is 0 Å². The van der Waals surface area contributed by atoms with E-state index in [2.05, 4.69) is 126 Å². The molecule has 170 valence electrons. The summed E-state index contributed by atoms with van der Waals surface area (Å²) in [4.78, 5) is 0. The van der Waals surface area contributed by atoms with Crippen LogP contribution in [-0.4, -0.2) is 0 Å². The van der Waals surface area contributed by atoms with Gasteiger partial charge in [0.2, 0.25) is 0 Å². The van der Waals surface area contributed by atoms with Crippen molar-refractivity contribution < 1.29 is 48.0 Å². The molecule has 2 aromatic heterocycles. The molecule has 8 rings (SSSR count). The topological polar surface area (TPSA) is 0 Å². The van der Waals surface area contributed by atoms with E-state index in [1.54, 1.807) is 8.84 Å². The zero-order valence-corrected chi connectivity index (χ0v) is 25.5. The third kappa shape index (κ3) is 4.32. The summed E-state index contributed by atoms with van der Waals surface area (Å²) in [5, 5.41) is 2.86. The molecule has 0 nitrogen and oxygen atoms in total. The first-order valence-electron chi connectivity index (χ1n) is 11.2. The van der Waals surface area contributed by atoms with Crippen molar-refractivity contribution in [3.05, 3.63) is 132 Å². The van der Waals surface area contributed by atoms with E-state index in [4.69, 9.17) is 0 Å². The van der Waals surface area contributed by atoms with Crippen LogP contribution in [0, 0.1) is 3.57 Å². The summed E-state index contributed by atoms with van der Waals surface area (Å²) in [5.74, 6) is 0.402. The van der Waals surface area contributed by atoms with Gasteiger partial charge in [0.25, 0.3) is 0 Å². The maximum atomic E-state index is 2.55. The fourth-order valence-electron chi connectivity index (χ4n) is 5.38. The first-order chi connectivity index (χ1) is 16.3. The van der Waals surface area contributed by atoms with Crippen LogP contribution in [0.4, 0.5) is 0 Å². The Hall–Kier alpha value is -1.23. The van der Waals surface area contributed by atoms with Gasteiger partial charge in [0.05, 0.1) is 0 Å². The molecule has 5 heteroatoms. The standard InChI is InChI=1S/C15H10I.C15H9S.2ClH.Zr/c16-14-8-4-7-12-9-10-13(15(12)14)11-5-2-1-3-6-11;1-2-11-8-12-9-14(11)15(3-1)16-13-6-4-10(12)5-7-13;;;/h1-9,13H;1-9H;2*1H;/q;;;;+2/p-2. The van der Waals surface area contributed by atoms with Crippen LogP contribution in [0.1, 0.15) is 37.4 Å². The summed E-state index contributed by atoms with van der Waals surface area (Å²) < 4.78 is 6.36. The Morgan fingerprint density at radius 3 is 2.31 bits per heavy atom. The van der Waals surface area contributed by atoms with E-state index in [1.165, 1.54) is 46.0 Å². The summed E-state index contributed by atoms with van der Waals surface area (Å²) in [6.45, 7) is 0. The fourth-order valence-corrected chi connectivity index (χ4v) is 11.8. The molecule has 0 radical (unpaired) electrons. The molecule has 0 N–H and O–H groups in total. The summed E-state index contributed by atoms with van der Waals surface area (Å²) in [6.07, 6.45) is 2.55. The van der Waals surface area contributed by atoms with Gasteiger partial charge in [-0.05, 0) is 0 Å². The second-order valence-electron chi connectivity index (χ2n) is 8.75. The first kappa shape index (κ1) is 25.4. The van der Waals surface area contributed by atoms with Crippen LogP contribution in [0.15, 0.2) is 100 Å². The Morgan fingerprint density at radius 2 is 1.51 bits per heavy atom. The molecule has 0 spiro atoms. The van der Waals surface area contributed by atoms with E-state index >= 15 is 0 Å². The Balaban J connectivity index is 0.00000127. The van der Waals surface area contributed by atoms with Gasteiger partial charge in [-0.2, -0.15) is 0 Å². The largest absolute Gasteiger partial charge is 1.00 e. The molecule has 2 atom stereocenters. The minimum Gasteiger partial charge on any atom is -1.00 e. The smallest absolute Gasteiger partial charge is 1.00 e. The SMILES string of the molecule is Ic1cccc2c1C(c1ccccc1)[C]([Zr+2][CH]1c3cc4c1cccc4sc1ccc3cc1)=C2.[Cl-].[Cl-]. The van der Waals surface area contributed by atoms with Crippen molar-refractivity contribution in [2.24, 2.45) is 0 Å². The van der Waals surface area contributed by atoms with Gasteiger partial charge in [0.15, 0.2) is 0 Å². The second kappa shape index (κ2) is 10.3. The van der Waals surface area contributed by atoms with Crippen molar-refractivity contribution in [1.82, 2.24) is 0 Å². The van der Waals surface area contributed by atoms with Gasteiger partial charge >= 0.3 is 225 Å². The molecule has 2 aliphatic carbocycles. The second-order valence-corrected chi connectivity index (χ2v) is 14.6. The fraction of sp³-hybridized carbons (Fsp3) is 0.0667. The van der Waals surface area contributed by atoms with Gasteiger partial charge in [-0.1, -0.05) is 0 Å². The van der Waals surface area contributed by atoms with Crippen molar-refractivity contribution in [3.8, 4) is 0 Å². The van der Waals surface area contributed by atoms with Gasteiger partial charge in [0.1, 0.15) is 0 Å². The minimum atomic E-state index is -0.994. The molecular weight excluding hydrogens is 681 g/mol. The molecule has 0 amide bonds. The van der Waals surface area contributed by atoms with Crippen LogP contribution in [-0.2, 0) is 23.2 Å². The van der Waals surface area contributed by atoms with Crippen molar-refractivity contribution in [2.45, 2.75) is 9.54 Å². The van der Waals surface area contributed by atoms with Crippen LogP contribution >= 0.6 is 33.9 Å². The Kier molecular flexibility index (Phi) is 7.46. The molecule has 0 fully saturated rings. The summed E-state index contributed by atoms with van der Waals surface area (Å²) >= 11 is 3.45. The van der Waals surface area contributed by atoms with Crippen LogP contribution in [0.5, 0.6) is 0 Å². The van der Waals surface area contributed by atoms with Crippen LogP contribution in [0.3, 0.4) is 0 Å². The molecule has 0 aliphatic heterocycles. The van der Waals surface area contributed by atoms with Gasteiger partial charge in [-0.3, -0.25) is 0 Å². The number of halogens is 3. The van der Waals surface area contributed by atoms with E-state index in [0.717, 1.165) is 0 Å². The Labute approximate surface area is 247 Å². The van der Waals surface area contributed by atoms with Gasteiger partial charge in [-0.15, -0.1) is 0 Å². The number of allylic oxidation sites excluding steroid dienone is 1. The van der Waals surface area contributed by atoms with E-state index < -0.39 is 23.2 Å². The van der Waals surface area contributed by atoms with E-state index in [-0.39, 0.29) is 24.8 Å². The summed E-state index contributed by atoms with van der Waals surface area (Å²) in [6, 6.07) is 36.7. The summed E-state index contributed by atoms with van der Waals surface area (Å²) in [7, 11) is 0. The quantitative estimate of drug-likeness (QED) is 0.255. The van der Waals surface area contributed by atoms with E-state index in [1.807, 2.05) is 11.3 Å². The zero-order valence-electron chi connectivity index (χ0n) is 18.5. The monoisotopic (exact) mass is 698 g/mol. The first-order valence-corrected chi connectivity index (χ1v) is 15.7. The average Bonchev–Trinajstić information content (AvgIpc) is 3.43. The van der Waals surface area contributed by atoms with Crippen LogP contribution in [0.2, 0.25) is 0 Å². The molecular formula is C30H19Cl2ISZr. The van der Waals surface area contributed by atoms with Crippen LogP contribution in [0.25, 0.3) is 26.2 Å². The third-order valence-electron chi connectivity index (χ3n) is 6.88. The number of fused-ring (bicyclic) bond motifs is 3. The molecule has 2 aliphatic rings. The van der Waals surface area contributed by atoms with Gasteiger partial charge < -0.3 is 24.8 Å². The summed E-state index contributed by atoms with van der Waals surface area (Å²) in [5.41, 5.74) is 7.47.